The second-order valence-corrected chi connectivity index (χ2v) is 8.10. The average molecular weight is 508 g/mol. The standard InChI is InChI=1S/C19H18BrN5O7/c1-5-6(3-2-4-7(5)18(29)30)12-10(26)11(27)17(32-12)25-16-9(14(21)24-19(25)31)8(15(22)28)13(20)23-16/h2-4,10-12,17,23,26-27H,1H3,(H2,22,28)(H,29,30)(H2,21,24,31)/t10-,11-,12+,17+/m1/s1. The van der Waals surface area contributed by atoms with Gasteiger partial charge in [0.05, 0.1) is 21.1 Å². The Morgan fingerprint density at radius 1 is 1.28 bits per heavy atom. The monoisotopic (exact) mass is 507 g/mol. The van der Waals surface area contributed by atoms with Crippen LogP contribution in [0.2, 0.25) is 0 Å². The number of carboxylic acids is 1. The first kappa shape index (κ1) is 22.0. The number of hydrogen-bond acceptors (Lipinski definition) is 8. The van der Waals surface area contributed by atoms with Crippen LogP contribution in [0.5, 0.6) is 0 Å². The normalized spacial score (nSPS) is 23.0. The van der Waals surface area contributed by atoms with Crippen molar-refractivity contribution < 1.29 is 29.6 Å². The molecule has 0 bridgehead atoms. The Morgan fingerprint density at radius 2 is 1.97 bits per heavy atom. The van der Waals surface area contributed by atoms with E-state index in [1.54, 1.807) is 13.0 Å². The molecule has 8 N–H and O–H groups in total. The van der Waals surface area contributed by atoms with Crippen molar-refractivity contribution in [1.29, 1.82) is 0 Å². The Hall–Kier alpha value is -3.26. The van der Waals surface area contributed by atoms with Crippen molar-refractivity contribution in [2.45, 2.75) is 31.5 Å². The second-order valence-electron chi connectivity index (χ2n) is 7.30. The van der Waals surface area contributed by atoms with Gasteiger partial charge in [-0.2, -0.15) is 4.98 Å². The smallest absolute Gasteiger partial charge is 0.353 e. The average Bonchev–Trinajstić information content (AvgIpc) is 3.20. The summed E-state index contributed by atoms with van der Waals surface area (Å²) in [4.78, 5) is 42.5. The van der Waals surface area contributed by atoms with Crippen molar-refractivity contribution in [2.24, 2.45) is 5.73 Å². The number of rotatable bonds is 4. The molecule has 12 nitrogen and oxygen atoms in total. The lowest BCUT2D eigenvalue weighted by atomic mass is 9.95. The van der Waals surface area contributed by atoms with Crippen molar-refractivity contribution in [3.05, 3.63) is 55.5 Å². The number of nitrogens with zero attached hydrogens (tertiary/aromatic N) is 2. The van der Waals surface area contributed by atoms with Crippen LogP contribution in [-0.2, 0) is 4.74 Å². The molecule has 4 atom stereocenters. The number of aromatic carboxylic acids is 1. The first-order chi connectivity index (χ1) is 15.0. The van der Waals surface area contributed by atoms with E-state index in [0.29, 0.717) is 11.1 Å². The number of carbonyl (C=O) groups is 2. The summed E-state index contributed by atoms with van der Waals surface area (Å²) in [5.41, 5.74) is 11.0. The zero-order valence-corrected chi connectivity index (χ0v) is 18.0. The maximum atomic E-state index is 12.7. The maximum absolute atomic E-state index is 12.7. The van der Waals surface area contributed by atoms with Crippen LogP contribution in [0.25, 0.3) is 11.0 Å². The van der Waals surface area contributed by atoms with Gasteiger partial charge in [-0.15, -0.1) is 0 Å². The number of carbonyl (C=O) groups excluding carboxylic acids is 1. The number of ether oxygens (including phenoxy) is 1. The Balaban J connectivity index is 1.87. The number of carboxylic acid groups (broad SMARTS) is 1. The number of hydrogen-bond donors (Lipinski definition) is 6. The van der Waals surface area contributed by atoms with E-state index in [1.165, 1.54) is 12.1 Å². The number of nitrogens with one attached hydrogen (secondary N) is 1. The Bertz CT molecular complexity index is 1330. The van der Waals surface area contributed by atoms with Gasteiger partial charge in [0.15, 0.2) is 6.23 Å². The minimum atomic E-state index is -1.60. The van der Waals surface area contributed by atoms with E-state index in [0.717, 1.165) is 4.57 Å². The zero-order valence-electron chi connectivity index (χ0n) is 16.4. The van der Waals surface area contributed by atoms with Gasteiger partial charge < -0.3 is 36.5 Å². The fourth-order valence-electron chi connectivity index (χ4n) is 3.99. The number of primary amides is 1. The third kappa shape index (κ3) is 3.17. The van der Waals surface area contributed by atoms with Crippen molar-refractivity contribution in [1.82, 2.24) is 14.5 Å². The van der Waals surface area contributed by atoms with Crippen LogP contribution in [0.1, 0.15) is 44.2 Å². The third-order valence-electron chi connectivity index (χ3n) is 5.51. The van der Waals surface area contributed by atoms with Gasteiger partial charge in [-0.05, 0) is 40.0 Å². The molecule has 0 spiro atoms. The molecular weight excluding hydrogens is 490 g/mol. The van der Waals surface area contributed by atoms with E-state index in [-0.39, 0.29) is 32.6 Å². The van der Waals surface area contributed by atoms with Crippen LogP contribution >= 0.6 is 15.9 Å². The SMILES string of the molecule is Cc1c(C(=O)O)cccc1[C@@H]1O[C@H](n2c(=O)nc(N)c3c(C(N)=O)c(Br)[nH]c32)[C@H](O)[C@H]1O. The summed E-state index contributed by atoms with van der Waals surface area (Å²) in [5.74, 6) is -2.26. The molecule has 0 aliphatic carbocycles. The molecule has 0 saturated carbocycles. The largest absolute Gasteiger partial charge is 0.478 e. The highest BCUT2D eigenvalue weighted by atomic mass is 79.9. The highest BCUT2D eigenvalue weighted by molar-refractivity contribution is 9.10. The third-order valence-corrected chi connectivity index (χ3v) is 6.10. The lowest BCUT2D eigenvalue weighted by molar-refractivity contribution is -0.0383. The van der Waals surface area contributed by atoms with Gasteiger partial charge in [0.2, 0.25) is 0 Å². The molecule has 3 aromatic rings. The van der Waals surface area contributed by atoms with Crippen LogP contribution in [0.4, 0.5) is 5.82 Å². The molecule has 1 saturated heterocycles. The van der Waals surface area contributed by atoms with Crippen molar-refractivity contribution in [3.63, 3.8) is 0 Å². The maximum Gasteiger partial charge on any atom is 0.353 e. The number of benzene rings is 1. The number of amides is 1. The molecular formula is C19H18BrN5O7. The number of nitrogen functional groups attached to an aromatic ring is 1. The lowest BCUT2D eigenvalue weighted by Crippen LogP contribution is -2.36. The number of aromatic amines is 1. The van der Waals surface area contributed by atoms with Gasteiger partial charge in [0.1, 0.15) is 29.8 Å². The van der Waals surface area contributed by atoms with E-state index in [1.807, 2.05) is 0 Å². The van der Waals surface area contributed by atoms with Gasteiger partial charge >= 0.3 is 11.7 Å². The fourth-order valence-corrected chi connectivity index (χ4v) is 4.57. The number of fused-ring (bicyclic) bond motifs is 1. The molecule has 3 heterocycles. The van der Waals surface area contributed by atoms with E-state index in [9.17, 15) is 29.7 Å². The molecule has 4 rings (SSSR count). The van der Waals surface area contributed by atoms with Gasteiger partial charge in [-0.1, -0.05) is 12.1 Å². The summed E-state index contributed by atoms with van der Waals surface area (Å²) < 4.78 is 6.91. The lowest BCUT2D eigenvalue weighted by Gasteiger charge is -2.19. The van der Waals surface area contributed by atoms with Crippen LogP contribution in [0, 0.1) is 6.92 Å². The Morgan fingerprint density at radius 3 is 2.59 bits per heavy atom. The second kappa shape index (κ2) is 7.70. The Labute approximate surface area is 187 Å². The summed E-state index contributed by atoms with van der Waals surface area (Å²) in [6.45, 7) is 1.55. The number of H-pyrrole nitrogens is 1. The molecule has 2 aromatic heterocycles. The quantitative estimate of drug-likeness (QED) is 0.283. The van der Waals surface area contributed by atoms with E-state index >= 15 is 0 Å². The zero-order chi connectivity index (χ0) is 23.5. The fraction of sp³-hybridized carbons (Fsp3) is 0.263. The molecule has 1 amide bonds. The number of aromatic nitrogens is 3. The molecule has 1 aliphatic heterocycles. The number of nitrogens with two attached hydrogens (primary N) is 2. The molecule has 0 unspecified atom stereocenters. The highest BCUT2D eigenvalue weighted by Gasteiger charge is 2.46. The van der Waals surface area contributed by atoms with Crippen LogP contribution in [0.3, 0.4) is 0 Å². The number of aliphatic hydroxyl groups excluding tert-OH is 2. The number of aliphatic hydroxyl groups is 2. The summed E-state index contributed by atoms with van der Waals surface area (Å²) >= 11 is 3.15. The summed E-state index contributed by atoms with van der Waals surface area (Å²) in [5, 5.41) is 30.8. The van der Waals surface area contributed by atoms with Crippen LogP contribution in [-0.4, -0.2) is 53.9 Å². The summed E-state index contributed by atoms with van der Waals surface area (Å²) in [6.07, 6.45) is -5.69. The minimum Gasteiger partial charge on any atom is -0.478 e. The van der Waals surface area contributed by atoms with Crippen molar-refractivity contribution in [2.75, 3.05) is 5.73 Å². The molecule has 168 valence electrons. The number of anilines is 1. The molecule has 1 aliphatic rings. The topological polar surface area (TPSA) is 207 Å². The van der Waals surface area contributed by atoms with Crippen molar-refractivity contribution >= 4 is 44.7 Å². The Kier molecular flexibility index (Phi) is 5.29. The predicted molar refractivity (Wildman–Crippen MR) is 114 cm³/mol. The van der Waals surface area contributed by atoms with Crippen LogP contribution in [0.15, 0.2) is 27.6 Å². The molecule has 13 heteroatoms. The van der Waals surface area contributed by atoms with E-state index in [4.69, 9.17) is 16.2 Å². The van der Waals surface area contributed by atoms with E-state index in [2.05, 4.69) is 25.9 Å². The van der Waals surface area contributed by atoms with Gasteiger partial charge in [-0.3, -0.25) is 4.79 Å². The first-order valence-corrected chi connectivity index (χ1v) is 10.1. The first-order valence-electron chi connectivity index (χ1n) is 9.28. The predicted octanol–water partition coefficient (Wildman–Crippen LogP) is 0.167. The highest BCUT2D eigenvalue weighted by Crippen LogP contribution is 2.41. The number of halogens is 1. The summed E-state index contributed by atoms with van der Waals surface area (Å²) in [6, 6.07) is 4.44. The van der Waals surface area contributed by atoms with Crippen molar-refractivity contribution in [3.8, 4) is 0 Å². The molecule has 1 aromatic carbocycles. The minimum absolute atomic E-state index is 0.00363. The van der Waals surface area contributed by atoms with Crippen LogP contribution < -0.4 is 17.2 Å². The van der Waals surface area contributed by atoms with Gasteiger partial charge in [0, 0.05) is 0 Å². The summed E-state index contributed by atoms with van der Waals surface area (Å²) in [7, 11) is 0. The molecule has 0 radical (unpaired) electrons. The van der Waals surface area contributed by atoms with E-state index < -0.39 is 42.1 Å². The molecule has 32 heavy (non-hydrogen) atoms. The van der Waals surface area contributed by atoms with Gasteiger partial charge in [0.25, 0.3) is 5.91 Å². The molecule has 1 fully saturated rings. The van der Waals surface area contributed by atoms with Gasteiger partial charge in [-0.25, -0.2) is 14.2 Å².